The number of anilines is 1. The molecule has 0 aliphatic carbocycles. The third-order valence-electron chi connectivity index (χ3n) is 3.66. The summed E-state index contributed by atoms with van der Waals surface area (Å²) in [5, 5.41) is 3.93. The van der Waals surface area contributed by atoms with Crippen molar-refractivity contribution >= 4 is 50.3 Å². The van der Waals surface area contributed by atoms with Crippen molar-refractivity contribution in [1.82, 2.24) is 4.98 Å². The van der Waals surface area contributed by atoms with Crippen molar-refractivity contribution in [2.24, 2.45) is 0 Å². The van der Waals surface area contributed by atoms with Gasteiger partial charge in [-0.05, 0) is 36.4 Å². The lowest BCUT2D eigenvalue weighted by molar-refractivity contribution is -0.111. The molecular weight excluding hydrogens is 368 g/mol. The predicted octanol–water partition coefficient (Wildman–Crippen LogP) is 5.86. The van der Waals surface area contributed by atoms with Gasteiger partial charge >= 0.3 is 0 Å². The number of carbonyl (C=O) groups is 1. The first-order chi connectivity index (χ1) is 12.7. The highest BCUT2D eigenvalue weighted by molar-refractivity contribution is 7.22. The fraction of sp³-hybridized carbons (Fsp3) is 0. The highest BCUT2D eigenvalue weighted by Crippen LogP contribution is 2.28. The quantitative estimate of drug-likeness (QED) is 0.451. The maximum Gasteiger partial charge on any atom is 0.250 e. The van der Waals surface area contributed by atoms with Crippen LogP contribution < -0.4 is 5.32 Å². The number of amides is 1. The summed E-state index contributed by atoms with van der Waals surface area (Å²) in [6.45, 7) is 0. The molecule has 4 rings (SSSR count). The van der Waals surface area contributed by atoms with E-state index in [1.807, 2.05) is 54.6 Å². The third-order valence-corrected chi connectivity index (χ3v) is 4.83. The smallest absolute Gasteiger partial charge is 0.250 e. The molecule has 0 saturated carbocycles. The van der Waals surface area contributed by atoms with Gasteiger partial charge in [-0.3, -0.25) is 10.1 Å². The van der Waals surface area contributed by atoms with Crippen LogP contribution in [0.4, 0.5) is 5.13 Å². The zero-order valence-electron chi connectivity index (χ0n) is 13.5. The van der Waals surface area contributed by atoms with Gasteiger partial charge < -0.3 is 4.42 Å². The summed E-state index contributed by atoms with van der Waals surface area (Å²) in [5.41, 5.74) is 1.79. The molecular formula is C20H13ClN2O2S. The number of hydrogen-bond donors (Lipinski definition) is 1. The molecule has 2 aromatic carbocycles. The van der Waals surface area contributed by atoms with Gasteiger partial charge in [-0.15, -0.1) is 0 Å². The Kier molecular flexibility index (Phi) is 4.56. The van der Waals surface area contributed by atoms with E-state index in [0.717, 1.165) is 21.5 Å². The highest BCUT2D eigenvalue weighted by Gasteiger charge is 2.07. The van der Waals surface area contributed by atoms with Crippen LogP contribution in [-0.4, -0.2) is 10.9 Å². The number of fused-ring (bicyclic) bond motifs is 1. The summed E-state index contributed by atoms with van der Waals surface area (Å²) in [4.78, 5) is 16.5. The zero-order chi connectivity index (χ0) is 17.9. The molecule has 0 bridgehead atoms. The van der Waals surface area contributed by atoms with Crippen LogP contribution in [0.25, 0.3) is 27.6 Å². The summed E-state index contributed by atoms with van der Waals surface area (Å²) < 4.78 is 6.66. The van der Waals surface area contributed by atoms with E-state index in [1.165, 1.54) is 17.4 Å². The van der Waals surface area contributed by atoms with E-state index in [9.17, 15) is 4.79 Å². The molecule has 2 aromatic heterocycles. The number of benzene rings is 2. The largest absolute Gasteiger partial charge is 0.457 e. The van der Waals surface area contributed by atoms with Gasteiger partial charge in [-0.1, -0.05) is 53.3 Å². The van der Waals surface area contributed by atoms with Crippen LogP contribution in [-0.2, 0) is 4.79 Å². The molecule has 6 heteroatoms. The number of nitrogens with one attached hydrogen (secondary N) is 1. The standard InChI is InChI=1S/C20H13ClN2O2S/c21-14-6-9-16-18(12-14)26-20(22-16)23-19(24)11-8-15-7-10-17(25-15)13-4-2-1-3-5-13/h1-12H,(H,22,23,24)/b11-8+. The minimum atomic E-state index is -0.271. The highest BCUT2D eigenvalue weighted by atomic mass is 35.5. The van der Waals surface area contributed by atoms with E-state index < -0.39 is 0 Å². The van der Waals surface area contributed by atoms with E-state index in [0.29, 0.717) is 15.9 Å². The summed E-state index contributed by atoms with van der Waals surface area (Å²) >= 11 is 7.35. The Morgan fingerprint density at radius 2 is 1.96 bits per heavy atom. The number of furan rings is 1. The SMILES string of the molecule is O=C(/C=C/c1ccc(-c2ccccc2)o1)Nc1nc2ccc(Cl)cc2s1. The second-order valence-corrected chi connectivity index (χ2v) is 6.99. The van der Waals surface area contributed by atoms with Crippen molar-refractivity contribution in [2.75, 3.05) is 5.32 Å². The Morgan fingerprint density at radius 1 is 1.12 bits per heavy atom. The van der Waals surface area contributed by atoms with E-state index in [-0.39, 0.29) is 5.91 Å². The zero-order valence-corrected chi connectivity index (χ0v) is 15.1. The molecule has 0 atom stereocenters. The molecule has 0 aliphatic rings. The Bertz CT molecular complexity index is 1100. The topological polar surface area (TPSA) is 55.1 Å². The lowest BCUT2D eigenvalue weighted by Crippen LogP contribution is -2.07. The Hall–Kier alpha value is -2.89. The fourth-order valence-electron chi connectivity index (χ4n) is 2.46. The molecule has 0 spiro atoms. The molecule has 0 fully saturated rings. The van der Waals surface area contributed by atoms with Crippen molar-refractivity contribution in [3.05, 3.63) is 77.5 Å². The van der Waals surface area contributed by atoms with Crippen molar-refractivity contribution in [2.45, 2.75) is 0 Å². The third kappa shape index (κ3) is 3.69. The number of thiazole rings is 1. The first-order valence-corrected chi connectivity index (χ1v) is 9.07. The van der Waals surface area contributed by atoms with Gasteiger partial charge in [-0.2, -0.15) is 0 Å². The molecule has 4 nitrogen and oxygen atoms in total. The molecule has 128 valence electrons. The summed E-state index contributed by atoms with van der Waals surface area (Å²) in [7, 11) is 0. The van der Waals surface area contributed by atoms with Crippen LogP contribution in [0.5, 0.6) is 0 Å². The molecule has 0 unspecified atom stereocenters. The molecule has 26 heavy (non-hydrogen) atoms. The molecule has 4 aromatic rings. The van der Waals surface area contributed by atoms with E-state index in [2.05, 4.69) is 10.3 Å². The van der Waals surface area contributed by atoms with Crippen molar-refractivity contribution in [1.29, 1.82) is 0 Å². The predicted molar refractivity (Wildman–Crippen MR) is 106 cm³/mol. The second-order valence-electron chi connectivity index (χ2n) is 5.52. The second kappa shape index (κ2) is 7.15. The van der Waals surface area contributed by atoms with Crippen LogP contribution in [0.1, 0.15) is 5.76 Å². The minimum Gasteiger partial charge on any atom is -0.457 e. The average molecular weight is 381 g/mol. The van der Waals surface area contributed by atoms with Crippen molar-refractivity contribution in [3.8, 4) is 11.3 Å². The summed E-state index contributed by atoms with van der Waals surface area (Å²) in [6.07, 6.45) is 3.05. The number of aromatic nitrogens is 1. The van der Waals surface area contributed by atoms with Crippen LogP contribution >= 0.6 is 22.9 Å². The van der Waals surface area contributed by atoms with Gasteiger partial charge in [-0.25, -0.2) is 4.98 Å². The first-order valence-electron chi connectivity index (χ1n) is 7.88. The van der Waals surface area contributed by atoms with Crippen LogP contribution in [0.2, 0.25) is 5.02 Å². The Balaban J connectivity index is 1.45. The molecule has 0 saturated heterocycles. The summed E-state index contributed by atoms with van der Waals surface area (Å²) in [5.74, 6) is 1.09. The lowest BCUT2D eigenvalue weighted by Gasteiger charge is -1.95. The van der Waals surface area contributed by atoms with Crippen LogP contribution in [0.15, 0.2) is 71.2 Å². The van der Waals surface area contributed by atoms with Gasteiger partial charge in [0.1, 0.15) is 11.5 Å². The van der Waals surface area contributed by atoms with Gasteiger partial charge in [0.05, 0.1) is 10.2 Å². The lowest BCUT2D eigenvalue weighted by atomic mass is 10.2. The monoisotopic (exact) mass is 380 g/mol. The summed E-state index contributed by atoms with van der Waals surface area (Å²) in [6, 6.07) is 18.9. The van der Waals surface area contributed by atoms with E-state index in [4.69, 9.17) is 16.0 Å². The molecule has 0 radical (unpaired) electrons. The minimum absolute atomic E-state index is 0.271. The normalized spacial score (nSPS) is 11.3. The van der Waals surface area contributed by atoms with Gasteiger partial charge in [0, 0.05) is 16.7 Å². The van der Waals surface area contributed by atoms with E-state index in [1.54, 1.807) is 12.1 Å². The van der Waals surface area contributed by atoms with Gasteiger partial charge in [0.25, 0.3) is 0 Å². The molecule has 2 heterocycles. The fourth-order valence-corrected chi connectivity index (χ4v) is 3.60. The van der Waals surface area contributed by atoms with Crippen molar-refractivity contribution < 1.29 is 9.21 Å². The first kappa shape index (κ1) is 16.6. The van der Waals surface area contributed by atoms with Gasteiger partial charge in [0.2, 0.25) is 5.91 Å². The molecule has 1 N–H and O–H groups in total. The Labute approximate surface area is 158 Å². The van der Waals surface area contributed by atoms with Crippen LogP contribution in [0.3, 0.4) is 0 Å². The molecule has 0 aliphatic heterocycles. The number of halogens is 1. The number of hydrogen-bond acceptors (Lipinski definition) is 4. The number of carbonyl (C=O) groups excluding carboxylic acids is 1. The van der Waals surface area contributed by atoms with Crippen molar-refractivity contribution in [3.63, 3.8) is 0 Å². The van der Waals surface area contributed by atoms with E-state index >= 15 is 0 Å². The van der Waals surface area contributed by atoms with Crippen LogP contribution in [0, 0.1) is 0 Å². The maximum absolute atomic E-state index is 12.1. The molecule has 1 amide bonds. The number of nitrogens with zero attached hydrogens (tertiary/aromatic N) is 1. The Morgan fingerprint density at radius 3 is 2.81 bits per heavy atom. The average Bonchev–Trinajstić information content (AvgIpc) is 3.27. The maximum atomic E-state index is 12.1. The number of rotatable bonds is 4. The van der Waals surface area contributed by atoms with Gasteiger partial charge in [0.15, 0.2) is 5.13 Å².